The number of amides is 3. The first-order valence-electron chi connectivity index (χ1n) is 23.7. The molecule has 0 fully saturated rings. The first-order chi connectivity index (χ1) is 35.4. The maximum Gasteiger partial charge on any atom is 0.408 e. The minimum Gasteiger partial charge on any atom is -0.451 e. The van der Waals surface area contributed by atoms with Gasteiger partial charge in [-0.15, -0.1) is 23.5 Å². The molecule has 72 heavy (non-hydrogen) atoms. The van der Waals surface area contributed by atoms with Gasteiger partial charge in [-0.05, 0) is 44.5 Å². The highest BCUT2D eigenvalue weighted by molar-refractivity contribution is 8.00. The van der Waals surface area contributed by atoms with E-state index in [1.54, 1.807) is 0 Å². The summed E-state index contributed by atoms with van der Waals surface area (Å²) in [6, 6.07) is 75.7. The molecule has 8 aromatic carbocycles. The van der Waals surface area contributed by atoms with Crippen molar-refractivity contribution < 1.29 is 28.7 Å². The van der Waals surface area contributed by atoms with Crippen LogP contribution in [0.1, 0.15) is 55.9 Å². The summed E-state index contributed by atoms with van der Waals surface area (Å²) in [6.07, 6.45) is -1.52. The van der Waals surface area contributed by atoms with Crippen molar-refractivity contribution >= 4 is 47.4 Å². The van der Waals surface area contributed by atoms with E-state index in [2.05, 4.69) is 52.3 Å². The summed E-state index contributed by atoms with van der Waals surface area (Å²) in [4.78, 5) is 57.3. The van der Waals surface area contributed by atoms with Gasteiger partial charge in [-0.25, -0.2) is 4.79 Å². The third-order valence-electron chi connectivity index (χ3n) is 12.0. The second kappa shape index (κ2) is 25.8. The van der Waals surface area contributed by atoms with Crippen molar-refractivity contribution in [2.24, 2.45) is 0 Å². The number of alkyl carbamates (subject to hydrolysis) is 1. The summed E-state index contributed by atoms with van der Waals surface area (Å²) in [7, 11) is 0. The van der Waals surface area contributed by atoms with Crippen molar-refractivity contribution in [3.63, 3.8) is 0 Å². The summed E-state index contributed by atoms with van der Waals surface area (Å²) in [6.45, 7) is -0.492. The summed E-state index contributed by atoms with van der Waals surface area (Å²) < 4.78 is 10.9. The highest BCUT2D eigenvalue weighted by Crippen LogP contribution is 2.48. The lowest BCUT2D eigenvalue weighted by Crippen LogP contribution is -2.56. The van der Waals surface area contributed by atoms with Crippen molar-refractivity contribution in [2.45, 2.75) is 34.8 Å². The average molecular weight is 990 g/mol. The predicted octanol–water partition coefficient (Wildman–Crippen LogP) is 11.5. The highest BCUT2D eigenvalue weighted by Gasteiger charge is 2.39. The van der Waals surface area contributed by atoms with E-state index in [9.17, 15) is 14.4 Å². The molecule has 0 aromatic heterocycles. The first kappa shape index (κ1) is 50.5. The molecule has 8 aromatic rings. The van der Waals surface area contributed by atoms with Crippen molar-refractivity contribution in [1.82, 2.24) is 16.0 Å². The fourth-order valence-corrected chi connectivity index (χ4v) is 11.3. The number of ether oxygens (including phenoxy) is 2. The van der Waals surface area contributed by atoms with E-state index < -0.39 is 53.4 Å². The normalized spacial score (nSPS) is 12.0. The Labute approximate surface area is 429 Å². The minimum atomic E-state index is -1.21. The van der Waals surface area contributed by atoms with Crippen LogP contribution in [-0.4, -0.2) is 54.0 Å². The van der Waals surface area contributed by atoms with Gasteiger partial charge in [-0.3, -0.25) is 14.4 Å². The van der Waals surface area contributed by atoms with Crippen LogP contribution in [-0.2, 0) is 35.2 Å². The largest absolute Gasteiger partial charge is 0.451 e. The zero-order valence-corrected chi connectivity index (χ0v) is 41.1. The molecular weight excluding hydrogens is 935 g/mol. The van der Waals surface area contributed by atoms with E-state index in [-0.39, 0.29) is 23.4 Å². The minimum absolute atomic E-state index is 0.0241. The average Bonchev–Trinajstić information content (AvgIpc) is 3.45. The Morgan fingerprint density at radius 1 is 0.444 bits per heavy atom. The van der Waals surface area contributed by atoms with Crippen LogP contribution in [0.2, 0.25) is 0 Å². The van der Waals surface area contributed by atoms with Crippen LogP contribution in [0, 0.1) is 0 Å². The summed E-state index contributed by atoms with van der Waals surface area (Å²) in [5.41, 5.74) is 7.23. The van der Waals surface area contributed by atoms with Crippen LogP contribution in [0.4, 0.5) is 4.79 Å². The number of hydrogen-bond donors (Lipinski definition) is 3. The highest BCUT2D eigenvalue weighted by atomic mass is 32.2. The Bertz CT molecular complexity index is 2750. The maximum absolute atomic E-state index is 15.1. The molecule has 0 heterocycles. The number of carbonyl (C=O) groups excluding carboxylic acids is 4. The van der Waals surface area contributed by atoms with Crippen LogP contribution in [0.15, 0.2) is 243 Å². The maximum atomic E-state index is 15.1. The summed E-state index contributed by atoms with van der Waals surface area (Å²) >= 11 is 2.96. The van der Waals surface area contributed by atoms with Crippen molar-refractivity contribution in [1.29, 1.82) is 0 Å². The van der Waals surface area contributed by atoms with E-state index in [0.29, 0.717) is 0 Å². The van der Waals surface area contributed by atoms with Crippen LogP contribution < -0.4 is 16.0 Å². The van der Waals surface area contributed by atoms with E-state index in [4.69, 9.17) is 9.47 Å². The second-order valence-corrected chi connectivity index (χ2v) is 19.2. The molecule has 3 N–H and O–H groups in total. The lowest BCUT2D eigenvalue weighted by molar-refractivity contribution is -0.147. The van der Waals surface area contributed by atoms with Gasteiger partial charge in [0, 0.05) is 11.5 Å². The van der Waals surface area contributed by atoms with Gasteiger partial charge in [0.05, 0.1) is 10.00 Å². The molecule has 0 aliphatic carbocycles. The Kier molecular flexibility index (Phi) is 18.1. The van der Waals surface area contributed by atoms with Crippen molar-refractivity contribution in [3.05, 3.63) is 287 Å². The molecule has 11 heteroatoms. The molecule has 3 amide bonds. The van der Waals surface area contributed by atoms with Gasteiger partial charge in [0.25, 0.3) is 0 Å². The molecular formula is C61H55N3O6S2. The third-order valence-corrected chi connectivity index (χ3v) is 15.0. The lowest BCUT2D eigenvalue weighted by Gasteiger charge is -2.36. The fraction of sp³-hybridized carbons (Fsp3) is 0.148. The molecule has 362 valence electrons. The van der Waals surface area contributed by atoms with Gasteiger partial charge < -0.3 is 25.4 Å². The van der Waals surface area contributed by atoms with Crippen molar-refractivity contribution in [3.8, 4) is 0 Å². The number of nitrogens with one attached hydrogen (secondary N) is 3. The molecule has 0 bridgehead atoms. The predicted molar refractivity (Wildman–Crippen MR) is 288 cm³/mol. The number of hydrogen-bond acceptors (Lipinski definition) is 8. The number of thioether (sulfide) groups is 2. The monoisotopic (exact) mass is 989 g/mol. The van der Waals surface area contributed by atoms with Crippen LogP contribution in [0.3, 0.4) is 0 Å². The van der Waals surface area contributed by atoms with E-state index in [1.807, 2.05) is 206 Å². The Morgan fingerprint density at radius 2 is 0.833 bits per heavy atom. The molecule has 0 saturated carbocycles. The summed E-state index contributed by atoms with van der Waals surface area (Å²) in [5, 5.41) is 8.45. The number of benzene rings is 8. The van der Waals surface area contributed by atoms with Crippen LogP contribution >= 0.6 is 23.5 Å². The smallest absolute Gasteiger partial charge is 0.408 e. The molecule has 0 spiro atoms. The topological polar surface area (TPSA) is 123 Å². The zero-order valence-electron chi connectivity index (χ0n) is 39.5. The van der Waals surface area contributed by atoms with Crippen LogP contribution in [0.5, 0.6) is 0 Å². The quantitative estimate of drug-likeness (QED) is 0.0453. The third kappa shape index (κ3) is 13.5. The van der Waals surface area contributed by atoms with Crippen molar-refractivity contribution in [2.75, 3.05) is 18.1 Å². The van der Waals surface area contributed by atoms with Gasteiger partial charge >= 0.3 is 12.1 Å². The van der Waals surface area contributed by atoms with Gasteiger partial charge in [0.15, 0.2) is 6.10 Å². The molecule has 2 atom stereocenters. The molecule has 8 rings (SSSR count). The van der Waals surface area contributed by atoms with Gasteiger partial charge in [-0.2, -0.15) is 0 Å². The summed E-state index contributed by atoms with van der Waals surface area (Å²) in [5.74, 6) is -1.74. The second-order valence-electron chi connectivity index (χ2n) is 16.9. The molecule has 9 nitrogen and oxygen atoms in total. The van der Waals surface area contributed by atoms with E-state index in [0.717, 1.165) is 44.5 Å². The number of esters is 1. The molecule has 0 saturated heterocycles. The SMILES string of the molecule is O=C(CNC(=O)C(CSC(c1ccccc1)c1ccccc1)NC(=O)C(CSC(c1ccccc1)(c1ccccc1)c1ccccc1)NC(=O)OCc1ccccc1)OC(c1ccccc1)c1ccccc1. The molecule has 0 radical (unpaired) electrons. The number of rotatable bonds is 22. The van der Waals surface area contributed by atoms with E-state index in [1.165, 1.54) is 23.5 Å². The fourth-order valence-electron chi connectivity index (χ4n) is 8.39. The molecule has 0 aliphatic rings. The molecule has 2 unspecified atom stereocenters. The van der Waals surface area contributed by atoms with Crippen LogP contribution in [0.25, 0.3) is 0 Å². The standard InChI is InChI=1S/C61H55N3O6S2/c65-55(70-56(46-27-11-2-12-28-46)47-29-13-3-14-30-47)41-62-58(66)53(43-71-57(48-31-15-4-16-32-48)49-33-17-5-18-34-49)63-59(67)54(64-60(68)69-42-45-25-9-1-10-26-45)44-72-61(50-35-19-6-20-36-50,51-37-21-7-22-38-51)52-39-23-8-24-40-52/h1-40,53-54,56-57H,41-44H2,(H,62,66)(H,63,67)(H,64,68). The first-order valence-corrected chi connectivity index (χ1v) is 25.8. The Morgan fingerprint density at radius 3 is 1.28 bits per heavy atom. The van der Waals surface area contributed by atoms with Gasteiger partial charge in [-0.1, -0.05) is 243 Å². The Hall–Kier alpha value is -7.86. The van der Waals surface area contributed by atoms with E-state index >= 15 is 4.79 Å². The molecule has 0 aliphatic heterocycles. The zero-order chi connectivity index (χ0) is 49.8. The Balaban J connectivity index is 1.10. The van der Waals surface area contributed by atoms with Gasteiger partial charge in [0.2, 0.25) is 11.8 Å². The lowest BCUT2D eigenvalue weighted by atomic mass is 9.84. The van der Waals surface area contributed by atoms with Gasteiger partial charge in [0.1, 0.15) is 25.2 Å². The number of carbonyl (C=O) groups is 4.